The summed E-state index contributed by atoms with van der Waals surface area (Å²) in [4.78, 5) is 0. The van der Waals surface area contributed by atoms with Crippen LogP contribution in [0.4, 0.5) is 0 Å². The summed E-state index contributed by atoms with van der Waals surface area (Å²) in [5, 5.41) is 0. The Labute approximate surface area is 190 Å². The van der Waals surface area contributed by atoms with E-state index in [0.29, 0.717) is 0 Å². The SMILES string of the molecule is C[N+]1(CCCCCCCCC[N+]2(C)CCOCC2)CCOCC1.[I-].[I-]. The molecule has 0 radical (unpaired) electrons. The topological polar surface area (TPSA) is 18.5 Å². The largest absolute Gasteiger partial charge is 1.00 e. The Balaban J connectivity index is 0.00000288. The van der Waals surface area contributed by atoms with Crippen LogP contribution in [-0.4, -0.2) is 88.8 Å². The minimum absolute atomic E-state index is 0. The van der Waals surface area contributed by atoms with Gasteiger partial charge in [-0.25, -0.2) is 0 Å². The molecule has 6 heteroatoms. The zero-order chi connectivity index (χ0) is 16.4. The van der Waals surface area contributed by atoms with Crippen LogP contribution in [0.25, 0.3) is 0 Å². The maximum absolute atomic E-state index is 5.47. The first kappa shape index (κ1) is 26.3. The van der Waals surface area contributed by atoms with E-state index < -0.39 is 0 Å². The Kier molecular flexibility index (Phi) is 15.1. The molecule has 0 unspecified atom stereocenters. The van der Waals surface area contributed by atoms with Crippen LogP contribution < -0.4 is 48.0 Å². The number of hydrogen-bond acceptors (Lipinski definition) is 2. The van der Waals surface area contributed by atoms with Gasteiger partial charge in [-0.2, -0.15) is 0 Å². The molecular formula is C19H40I2N2O2. The van der Waals surface area contributed by atoms with Crippen LogP contribution in [-0.2, 0) is 9.47 Å². The van der Waals surface area contributed by atoms with Gasteiger partial charge in [0.05, 0.1) is 53.6 Å². The van der Waals surface area contributed by atoms with Crippen molar-refractivity contribution >= 4 is 0 Å². The Morgan fingerprint density at radius 2 is 0.800 bits per heavy atom. The lowest BCUT2D eigenvalue weighted by Gasteiger charge is -2.37. The van der Waals surface area contributed by atoms with Gasteiger partial charge in [0.2, 0.25) is 0 Å². The Hall–Kier alpha value is 1.30. The van der Waals surface area contributed by atoms with Gasteiger partial charge in [-0.15, -0.1) is 0 Å². The van der Waals surface area contributed by atoms with E-state index in [1.165, 1.54) is 93.2 Å². The summed E-state index contributed by atoms with van der Waals surface area (Å²) in [6.45, 7) is 11.4. The van der Waals surface area contributed by atoms with Crippen LogP contribution in [0.15, 0.2) is 0 Å². The van der Waals surface area contributed by atoms with Crippen LogP contribution in [0.1, 0.15) is 44.9 Å². The maximum Gasteiger partial charge on any atom is 0.102 e. The van der Waals surface area contributed by atoms with E-state index in [0.717, 1.165) is 26.4 Å². The summed E-state index contributed by atoms with van der Waals surface area (Å²) in [5.41, 5.74) is 0. The normalized spacial score (nSPS) is 21.8. The van der Waals surface area contributed by atoms with Crippen molar-refractivity contribution in [1.82, 2.24) is 0 Å². The summed E-state index contributed by atoms with van der Waals surface area (Å²) in [6.07, 6.45) is 9.91. The number of halogens is 2. The van der Waals surface area contributed by atoms with Crippen molar-refractivity contribution < 1.29 is 66.4 Å². The zero-order valence-electron chi connectivity index (χ0n) is 16.5. The van der Waals surface area contributed by atoms with Crippen LogP contribution in [0, 0.1) is 0 Å². The van der Waals surface area contributed by atoms with Crippen molar-refractivity contribution in [1.29, 1.82) is 0 Å². The number of unbranched alkanes of at least 4 members (excludes halogenated alkanes) is 6. The molecule has 0 aliphatic carbocycles. The number of rotatable bonds is 10. The molecule has 2 heterocycles. The molecule has 0 aromatic rings. The van der Waals surface area contributed by atoms with Crippen LogP contribution in [0.2, 0.25) is 0 Å². The van der Waals surface area contributed by atoms with Gasteiger partial charge in [-0.3, -0.25) is 0 Å². The molecule has 2 aliphatic heterocycles. The molecule has 2 aliphatic rings. The van der Waals surface area contributed by atoms with E-state index >= 15 is 0 Å². The molecule has 0 atom stereocenters. The Morgan fingerprint density at radius 1 is 0.520 bits per heavy atom. The molecule has 4 nitrogen and oxygen atoms in total. The molecule has 25 heavy (non-hydrogen) atoms. The second kappa shape index (κ2) is 14.3. The van der Waals surface area contributed by atoms with Crippen molar-refractivity contribution in [3.63, 3.8) is 0 Å². The highest BCUT2D eigenvalue weighted by molar-refractivity contribution is 4.51. The molecule has 0 saturated carbocycles. The number of quaternary nitrogens is 2. The van der Waals surface area contributed by atoms with Gasteiger partial charge in [0, 0.05) is 0 Å². The van der Waals surface area contributed by atoms with Crippen LogP contribution in [0.3, 0.4) is 0 Å². The second-order valence-corrected chi connectivity index (χ2v) is 8.28. The second-order valence-electron chi connectivity index (χ2n) is 8.28. The van der Waals surface area contributed by atoms with Gasteiger partial charge in [0.1, 0.15) is 26.2 Å². The van der Waals surface area contributed by atoms with Gasteiger partial charge in [-0.1, -0.05) is 19.3 Å². The first-order valence-corrected chi connectivity index (χ1v) is 9.95. The molecule has 2 saturated heterocycles. The minimum Gasteiger partial charge on any atom is -1.00 e. The average molecular weight is 582 g/mol. The lowest BCUT2D eigenvalue weighted by molar-refractivity contribution is -0.917. The highest BCUT2D eigenvalue weighted by Gasteiger charge is 2.25. The van der Waals surface area contributed by atoms with Crippen molar-refractivity contribution in [3.05, 3.63) is 0 Å². The molecule has 2 fully saturated rings. The fraction of sp³-hybridized carbons (Fsp3) is 1.00. The lowest BCUT2D eigenvalue weighted by atomic mass is 10.1. The molecule has 2 rings (SSSR count). The summed E-state index contributed by atoms with van der Waals surface area (Å²) >= 11 is 0. The maximum atomic E-state index is 5.47. The summed E-state index contributed by atoms with van der Waals surface area (Å²) in [6, 6.07) is 0. The first-order chi connectivity index (χ1) is 11.1. The number of nitrogens with zero attached hydrogens (tertiary/aromatic N) is 2. The van der Waals surface area contributed by atoms with E-state index in [1.807, 2.05) is 0 Å². The van der Waals surface area contributed by atoms with E-state index in [1.54, 1.807) is 0 Å². The fourth-order valence-electron chi connectivity index (χ4n) is 3.89. The number of morpholine rings is 2. The Bertz CT molecular complexity index is 291. The fourth-order valence-corrected chi connectivity index (χ4v) is 3.89. The van der Waals surface area contributed by atoms with E-state index in [2.05, 4.69) is 14.1 Å². The van der Waals surface area contributed by atoms with E-state index in [4.69, 9.17) is 9.47 Å². The minimum atomic E-state index is 0. The van der Waals surface area contributed by atoms with Crippen molar-refractivity contribution in [3.8, 4) is 0 Å². The third kappa shape index (κ3) is 11.0. The molecule has 0 bridgehead atoms. The molecule has 0 amide bonds. The van der Waals surface area contributed by atoms with Crippen molar-refractivity contribution in [2.24, 2.45) is 0 Å². The zero-order valence-corrected chi connectivity index (χ0v) is 20.8. The molecule has 0 spiro atoms. The Morgan fingerprint density at radius 3 is 1.12 bits per heavy atom. The highest BCUT2D eigenvalue weighted by Crippen LogP contribution is 2.14. The summed E-state index contributed by atoms with van der Waals surface area (Å²) in [7, 11) is 4.80. The third-order valence-electron chi connectivity index (χ3n) is 6.00. The summed E-state index contributed by atoms with van der Waals surface area (Å²) < 4.78 is 13.4. The number of likely N-dealkylation sites (N-methyl/N-ethyl adjacent to an activating group) is 2. The van der Waals surface area contributed by atoms with E-state index in [9.17, 15) is 0 Å². The van der Waals surface area contributed by atoms with Crippen LogP contribution in [0.5, 0.6) is 0 Å². The van der Waals surface area contributed by atoms with Gasteiger partial charge in [0.15, 0.2) is 0 Å². The first-order valence-electron chi connectivity index (χ1n) is 9.95. The van der Waals surface area contributed by atoms with Gasteiger partial charge in [0.25, 0.3) is 0 Å². The smallest absolute Gasteiger partial charge is 0.102 e. The van der Waals surface area contributed by atoms with Gasteiger partial charge in [-0.05, 0) is 25.7 Å². The van der Waals surface area contributed by atoms with Crippen molar-refractivity contribution in [2.45, 2.75) is 44.9 Å². The number of ether oxygens (including phenoxy) is 2. The quantitative estimate of drug-likeness (QED) is 0.153. The molecule has 0 aromatic carbocycles. The van der Waals surface area contributed by atoms with Gasteiger partial charge < -0.3 is 66.4 Å². The predicted molar refractivity (Wildman–Crippen MR) is 95.5 cm³/mol. The molecule has 152 valence electrons. The monoisotopic (exact) mass is 582 g/mol. The van der Waals surface area contributed by atoms with Crippen LogP contribution >= 0.6 is 0 Å². The standard InChI is InChI=1S/C19H40N2O2.2HI/c1-20(12-16-22-17-13-20)10-8-6-4-3-5-7-9-11-21(2)14-18-23-19-15-21;;/h3-19H2,1-2H3;2*1H/q+2;;/p-2. The summed E-state index contributed by atoms with van der Waals surface area (Å²) in [5.74, 6) is 0. The van der Waals surface area contributed by atoms with E-state index in [-0.39, 0.29) is 48.0 Å². The predicted octanol–water partition coefficient (Wildman–Crippen LogP) is -3.32. The molecule has 0 N–H and O–H groups in total. The van der Waals surface area contributed by atoms with Gasteiger partial charge >= 0.3 is 0 Å². The van der Waals surface area contributed by atoms with Crippen molar-refractivity contribution in [2.75, 3.05) is 79.8 Å². The lowest BCUT2D eigenvalue weighted by Crippen LogP contribution is -3.00. The molecular weight excluding hydrogens is 542 g/mol. The number of hydrogen-bond donors (Lipinski definition) is 0. The third-order valence-corrected chi connectivity index (χ3v) is 6.00. The molecule has 0 aromatic heterocycles. The highest BCUT2D eigenvalue weighted by atomic mass is 127. The average Bonchev–Trinajstić information content (AvgIpc) is 2.54.